The highest BCUT2D eigenvalue weighted by Crippen LogP contribution is 2.32. The summed E-state index contributed by atoms with van der Waals surface area (Å²) < 4.78 is 1.58. The Morgan fingerprint density at radius 3 is 2.40 bits per heavy atom. The van der Waals surface area contributed by atoms with Gasteiger partial charge in [0.25, 0.3) is 0 Å². The first-order chi connectivity index (χ1) is 11.8. The van der Waals surface area contributed by atoms with Crippen molar-refractivity contribution in [2.45, 2.75) is 20.0 Å². The third kappa shape index (κ3) is 6.26. The maximum Gasteiger partial charge on any atom is 0.317 e. The lowest BCUT2D eigenvalue weighted by molar-refractivity contribution is -0.138. The van der Waals surface area contributed by atoms with Gasteiger partial charge in [-0.15, -0.1) is 0 Å². The van der Waals surface area contributed by atoms with E-state index in [2.05, 4.69) is 37.2 Å². The van der Waals surface area contributed by atoms with Gasteiger partial charge in [-0.2, -0.15) is 0 Å². The Kier molecular flexibility index (Phi) is 7.16. The van der Waals surface area contributed by atoms with Crippen LogP contribution in [0.3, 0.4) is 0 Å². The number of hydrogen-bond donors (Lipinski definition) is 2. The molecule has 7 heteroatoms. The molecule has 132 valence electrons. The van der Waals surface area contributed by atoms with Gasteiger partial charge in [-0.25, -0.2) is 0 Å². The highest BCUT2D eigenvalue weighted by molar-refractivity contribution is 9.11. The molecule has 0 bridgehead atoms. The number of carboxylic acid groups (broad SMARTS) is 1. The summed E-state index contributed by atoms with van der Waals surface area (Å²) in [5.41, 5.74) is 2.51. The maximum atomic E-state index is 11.5. The number of hydrogen-bond acceptors (Lipinski definition) is 3. The Labute approximate surface area is 163 Å². The average Bonchev–Trinajstić information content (AvgIpc) is 2.50. The van der Waals surface area contributed by atoms with Crippen molar-refractivity contribution >= 4 is 49.4 Å². The van der Waals surface area contributed by atoms with Crippen molar-refractivity contribution in [1.29, 1.82) is 0 Å². The predicted molar refractivity (Wildman–Crippen MR) is 104 cm³/mol. The highest BCUT2D eigenvalue weighted by atomic mass is 79.9. The molecule has 0 heterocycles. The normalized spacial score (nSPS) is 10.7. The molecule has 5 nitrogen and oxygen atoms in total. The monoisotopic (exact) mass is 468 g/mol. The Morgan fingerprint density at radius 2 is 1.80 bits per heavy atom. The van der Waals surface area contributed by atoms with Crippen LogP contribution in [0, 0.1) is 0 Å². The number of rotatable bonds is 7. The molecule has 0 radical (unpaired) electrons. The molecule has 0 saturated heterocycles. The Bertz CT molecular complexity index is 766. The van der Waals surface area contributed by atoms with Crippen LogP contribution >= 0.6 is 31.9 Å². The molecule has 0 spiro atoms. The zero-order valence-corrected chi connectivity index (χ0v) is 16.8. The van der Waals surface area contributed by atoms with Crippen LogP contribution in [-0.2, 0) is 22.7 Å². The molecule has 1 amide bonds. The number of amides is 1. The first-order valence-corrected chi connectivity index (χ1v) is 9.17. The lowest BCUT2D eigenvalue weighted by atomic mass is 10.1. The van der Waals surface area contributed by atoms with Gasteiger partial charge in [-0.1, -0.05) is 46.3 Å². The summed E-state index contributed by atoms with van der Waals surface area (Å²) in [4.78, 5) is 24.6. The number of halogens is 2. The minimum Gasteiger partial charge on any atom is -0.480 e. The van der Waals surface area contributed by atoms with Gasteiger partial charge < -0.3 is 10.4 Å². The lowest BCUT2D eigenvalue weighted by Gasteiger charge is -2.23. The largest absolute Gasteiger partial charge is 0.480 e. The first-order valence-electron chi connectivity index (χ1n) is 7.58. The van der Waals surface area contributed by atoms with E-state index in [0.717, 1.165) is 20.1 Å². The molecule has 2 N–H and O–H groups in total. The molecule has 0 aliphatic heterocycles. The van der Waals surface area contributed by atoms with Crippen LogP contribution in [0.15, 0.2) is 51.4 Å². The summed E-state index contributed by atoms with van der Waals surface area (Å²) in [6, 6.07) is 13.4. The Morgan fingerprint density at radius 1 is 1.12 bits per heavy atom. The molecule has 0 aromatic heterocycles. The number of aliphatic carboxylic acids is 1. The molecular formula is C18H18Br2N2O3. The van der Waals surface area contributed by atoms with Crippen LogP contribution in [0.5, 0.6) is 0 Å². The van der Waals surface area contributed by atoms with E-state index >= 15 is 0 Å². The Balaban J connectivity index is 2.31. The summed E-state index contributed by atoms with van der Waals surface area (Å²) in [6.45, 7) is 2.22. The van der Waals surface area contributed by atoms with Gasteiger partial charge in [0.15, 0.2) is 0 Å². The van der Waals surface area contributed by atoms with Crippen molar-refractivity contribution in [2.24, 2.45) is 0 Å². The fourth-order valence-electron chi connectivity index (χ4n) is 2.51. The molecule has 0 aliphatic rings. The van der Waals surface area contributed by atoms with Crippen molar-refractivity contribution in [1.82, 2.24) is 4.90 Å². The molecule has 2 rings (SSSR count). The van der Waals surface area contributed by atoms with Gasteiger partial charge in [0.2, 0.25) is 5.91 Å². The summed E-state index contributed by atoms with van der Waals surface area (Å²) in [5, 5.41) is 12.0. The summed E-state index contributed by atoms with van der Waals surface area (Å²) in [6.07, 6.45) is 0. The van der Waals surface area contributed by atoms with Gasteiger partial charge in [0.1, 0.15) is 0 Å². The van der Waals surface area contributed by atoms with Crippen molar-refractivity contribution < 1.29 is 14.7 Å². The van der Waals surface area contributed by atoms with Crippen LogP contribution in [0.4, 0.5) is 5.69 Å². The van der Waals surface area contributed by atoms with E-state index < -0.39 is 5.97 Å². The fourth-order valence-corrected chi connectivity index (χ4v) is 3.92. The first kappa shape index (κ1) is 19.6. The second-order valence-corrected chi connectivity index (χ2v) is 7.40. The van der Waals surface area contributed by atoms with E-state index in [-0.39, 0.29) is 12.5 Å². The van der Waals surface area contributed by atoms with Gasteiger partial charge in [0.05, 0.1) is 12.2 Å². The molecule has 0 atom stereocenters. The number of nitrogens with zero attached hydrogens (tertiary/aromatic N) is 1. The second-order valence-electron chi connectivity index (χ2n) is 5.63. The summed E-state index contributed by atoms with van der Waals surface area (Å²) in [5.74, 6) is -1.08. The number of benzene rings is 2. The second kappa shape index (κ2) is 9.12. The third-order valence-corrected chi connectivity index (χ3v) is 4.52. The third-order valence-electron chi connectivity index (χ3n) is 3.44. The zero-order valence-electron chi connectivity index (χ0n) is 13.6. The number of nitrogens with one attached hydrogen (secondary N) is 1. The molecular weight excluding hydrogens is 452 g/mol. The smallest absolute Gasteiger partial charge is 0.317 e. The van der Waals surface area contributed by atoms with Crippen molar-refractivity contribution in [3.05, 3.63) is 62.5 Å². The topological polar surface area (TPSA) is 69.6 Å². The quantitative estimate of drug-likeness (QED) is 0.635. The van der Waals surface area contributed by atoms with Crippen LogP contribution in [0.1, 0.15) is 18.1 Å². The average molecular weight is 470 g/mol. The number of carboxylic acids is 1. The SMILES string of the molecule is CC(=O)Nc1c(Br)cc(Br)cc1CN(CC(=O)O)Cc1ccccc1. The molecule has 0 unspecified atom stereocenters. The maximum absolute atomic E-state index is 11.5. The van der Waals surface area contributed by atoms with Gasteiger partial charge >= 0.3 is 5.97 Å². The standard InChI is InChI=1S/C18H18Br2N2O3/c1-12(23)21-18-14(7-15(19)8-16(18)20)10-22(11-17(24)25)9-13-5-3-2-4-6-13/h2-8H,9-11H2,1H3,(H,21,23)(H,24,25). The molecule has 0 saturated carbocycles. The van der Waals surface area contributed by atoms with Gasteiger partial charge in [-0.05, 0) is 39.2 Å². The van der Waals surface area contributed by atoms with E-state index in [0.29, 0.717) is 18.8 Å². The molecule has 0 fully saturated rings. The molecule has 25 heavy (non-hydrogen) atoms. The number of anilines is 1. The fraction of sp³-hybridized carbons (Fsp3) is 0.222. The number of carbonyl (C=O) groups excluding carboxylic acids is 1. The van der Waals surface area contributed by atoms with E-state index in [1.165, 1.54) is 6.92 Å². The minimum atomic E-state index is -0.897. The van der Waals surface area contributed by atoms with E-state index in [1.807, 2.05) is 47.4 Å². The zero-order chi connectivity index (χ0) is 18.4. The van der Waals surface area contributed by atoms with Crippen molar-refractivity contribution in [3.63, 3.8) is 0 Å². The predicted octanol–water partition coefficient (Wildman–Crippen LogP) is 4.26. The summed E-state index contributed by atoms with van der Waals surface area (Å²) in [7, 11) is 0. The Hall–Kier alpha value is -1.70. The van der Waals surface area contributed by atoms with E-state index in [9.17, 15) is 14.7 Å². The van der Waals surface area contributed by atoms with Gasteiger partial charge in [-0.3, -0.25) is 14.5 Å². The van der Waals surface area contributed by atoms with Crippen LogP contribution in [-0.4, -0.2) is 28.4 Å². The van der Waals surface area contributed by atoms with Crippen molar-refractivity contribution in [3.8, 4) is 0 Å². The van der Waals surface area contributed by atoms with Crippen LogP contribution in [0.25, 0.3) is 0 Å². The highest BCUT2D eigenvalue weighted by Gasteiger charge is 2.16. The minimum absolute atomic E-state index is 0.0987. The summed E-state index contributed by atoms with van der Waals surface area (Å²) >= 11 is 6.90. The van der Waals surface area contributed by atoms with Gasteiger partial charge in [0, 0.05) is 29.0 Å². The number of carbonyl (C=O) groups is 2. The molecule has 0 aliphatic carbocycles. The molecule has 2 aromatic carbocycles. The van der Waals surface area contributed by atoms with Crippen LogP contribution < -0.4 is 5.32 Å². The molecule has 2 aromatic rings. The van der Waals surface area contributed by atoms with Crippen molar-refractivity contribution in [2.75, 3.05) is 11.9 Å². The van der Waals surface area contributed by atoms with E-state index in [4.69, 9.17) is 0 Å². The van der Waals surface area contributed by atoms with E-state index in [1.54, 1.807) is 0 Å². The van der Waals surface area contributed by atoms with Crippen LogP contribution in [0.2, 0.25) is 0 Å². The lowest BCUT2D eigenvalue weighted by Crippen LogP contribution is -2.29.